The molecule has 0 bridgehead atoms. The fourth-order valence-electron chi connectivity index (χ4n) is 6.20. The van der Waals surface area contributed by atoms with Crippen LogP contribution in [-0.4, -0.2) is 86.9 Å². The van der Waals surface area contributed by atoms with E-state index in [4.69, 9.17) is 33.2 Å². The first kappa shape index (κ1) is 35.0. The Labute approximate surface area is 244 Å². The number of hydrogen-bond acceptors (Lipinski definition) is 11. The van der Waals surface area contributed by atoms with Gasteiger partial charge in [-0.15, -0.1) is 0 Å². The molecule has 0 spiro atoms. The molecule has 10 unspecified atom stereocenters. The predicted molar refractivity (Wildman–Crippen MR) is 148 cm³/mol. The monoisotopic (exact) mass is 586 g/mol. The third-order valence-corrected chi connectivity index (χ3v) is 8.60. The molecule has 3 saturated carbocycles. The Morgan fingerprint density at radius 1 is 0.488 bits per heavy atom. The van der Waals surface area contributed by atoms with Gasteiger partial charge in [-0.3, -0.25) is 9.59 Å². The minimum Gasteiger partial charge on any atom is -0.463 e. The first-order chi connectivity index (χ1) is 17.9. The number of ether oxygens (including phenoxy) is 7. The van der Waals surface area contributed by atoms with Crippen molar-refractivity contribution >= 4 is 23.9 Å². The van der Waals surface area contributed by atoms with Crippen molar-refractivity contribution in [3.8, 4) is 0 Å². The van der Waals surface area contributed by atoms with Crippen molar-refractivity contribution in [2.45, 2.75) is 118 Å². The fourth-order valence-corrected chi connectivity index (χ4v) is 6.20. The van der Waals surface area contributed by atoms with Crippen LogP contribution >= 0.6 is 0 Å². The molecule has 6 fully saturated rings. The maximum atomic E-state index is 12.8. The molecule has 3 saturated heterocycles. The summed E-state index contributed by atoms with van der Waals surface area (Å²) in [5, 5.41) is 0. The fraction of sp³-hybridized carbons (Fsp3) is 0.867. The summed E-state index contributed by atoms with van der Waals surface area (Å²) in [6, 6.07) is 0. The minimum absolute atomic E-state index is 0. The highest BCUT2D eigenvalue weighted by atomic mass is 16.6. The number of hydrogen-bond donors (Lipinski definition) is 0. The van der Waals surface area contributed by atoms with Crippen molar-refractivity contribution in [3.63, 3.8) is 0 Å². The van der Waals surface area contributed by atoms with Gasteiger partial charge >= 0.3 is 23.9 Å². The summed E-state index contributed by atoms with van der Waals surface area (Å²) >= 11 is 0. The molecule has 0 aromatic heterocycles. The SMILES string of the molecule is C.C.C.C.O=C(COC(=O)C1CC2OC2CC1C(=O)OCC(=O)OCC1CCC2OC2C1)OCC1CCC2OC2C1. The van der Waals surface area contributed by atoms with Gasteiger partial charge in [0.25, 0.3) is 0 Å². The number of epoxide rings is 3. The summed E-state index contributed by atoms with van der Waals surface area (Å²) < 4.78 is 37.4. The molecule has 3 aliphatic carbocycles. The zero-order valence-corrected chi connectivity index (χ0v) is 20.7. The highest BCUT2D eigenvalue weighted by Crippen LogP contribution is 2.44. The van der Waals surface area contributed by atoms with E-state index in [0.29, 0.717) is 37.3 Å². The molecule has 0 aromatic carbocycles. The summed E-state index contributed by atoms with van der Waals surface area (Å²) in [5.41, 5.74) is 0. The van der Waals surface area contributed by atoms with Crippen LogP contribution < -0.4 is 0 Å². The van der Waals surface area contributed by atoms with E-state index in [2.05, 4.69) is 0 Å². The van der Waals surface area contributed by atoms with E-state index in [1.54, 1.807) is 0 Å². The Morgan fingerprint density at radius 2 is 0.854 bits per heavy atom. The van der Waals surface area contributed by atoms with Crippen molar-refractivity contribution in [1.82, 2.24) is 0 Å². The van der Waals surface area contributed by atoms with Crippen molar-refractivity contribution < 1.29 is 52.3 Å². The lowest BCUT2D eigenvalue weighted by Crippen LogP contribution is -2.39. The van der Waals surface area contributed by atoms with Gasteiger partial charge in [0.15, 0.2) is 13.2 Å². The van der Waals surface area contributed by atoms with Gasteiger partial charge in [0.2, 0.25) is 0 Å². The molecule has 10 atom stereocenters. The van der Waals surface area contributed by atoms with Gasteiger partial charge in [-0.2, -0.15) is 0 Å². The Kier molecular flexibility index (Phi) is 12.6. The first-order valence-corrected chi connectivity index (χ1v) is 13.5. The van der Waals surface area contributed by atoms with Crippen LogP contribution in [0.3, 0.4) is 0 Å². The van der Waals surface area contributed by atoms with Gasteiger partial charge in [-0.1, -0.05) is 29.7 Å². The molecule has 3 heterocycles. The van der Waals surface area contributed by atoms with E-state index >= 15 is 0 Å². The molecule has 11 heteroatoms. The van der Waals surface area contributed by atoms with Gasteiger partial charge in [-0.05, 0) is 63.2 Å². The Bertz CT molecular complexity index is 850. The molecule has 6 rings (SSSR count). The van der Waals surface area contributed by atoms with Gasteiger partial charge in [0.1, 0.15) is 0 Å². The summed E-state index contributed by atoms with van der Waals surface area (Å²) in [5.74, 6) is -3.66. The molecule has 0 aromatic rings. The van der Waals surface area contributed by atoms with Crippen molar-refractivity contribution in [1.29, 1.82) is 0 Å². The van der Waals surface area contributed by atoms with Crippen LogP contribution in [-0.2, 0) is 52.3 Å². The molecule has 11 nitrogen and oxygen atoms in total. The summed E-state index contributed by atoms with van der Waals surface area (Å²) in [6.45, 7) is -0.460. The predicted octanol–water partition coefficient (Wildman–Crippen LogP) is 3.63. The first-order valence-electron chi connectivity index (χ1n) is 13.5. The highest BCUT2D eigenvalue weighted by molar-refractivity contribution is 5.85. The maximum absolute atomic E-state index is 12.8. The topological polar surface area (TPSA) is 143 Å². The van der Waals surface area contributed by atoms with Crippen molar-refractivity contribution in [3.05, 3.63) is 0 Å². The standard InChI is InChI=1S/C26H34O11.4CH4/c27-23(31-9-13-1-3-17-19(5-13)35-17)11-33-25(29)15-7-21-22(37-21)8-16(15)26(30)34-12-24(28)32-10-14-2-4-18-20(6-14)36-18;;;;/h13-22H,1-12H2;4*1H4. The van der Waals surface area contributed by atoms with Crippen LogP contribution in [0.4, 0.5) is 0 Å². The number of fused-ring (bicyclic) bond motifs is 3. The van der Waals surface area contributed by atoms with E-state index in [9.17, 15) is 19.2 Å². The van der Waals surface area contributed by atoms with Crippen LogP contribution in [0.2, 0.25) is 0 Å². The zero-order chi connectivity index (χ0) is 25.5. The molecule has 6 aliphatic rings. The largest absolute Gasteiger partial charge is 0.463 e. The van der Waals surface area contributed by atoms with Gasteiger partial charge in [-0.25, -0.2) is 9.59 Å². The van der Waals surface area contributed by atoms with Gasteiger partial charge in [0.05, 0.1) is 61.7 Å². The molecular formula is C30H50O11. The lowest BCUT2D eigenvalue weighted by molar-refractivity contribution is -0.170. The molecular weight excluding hydrogens is 536 g/mol. The number of carbonyl (C=O) groups is 4. The van der Waals surface area contributed by atoms with Crippen LogP contribution in [0.15, 0.2) is 0 Å². The summed E-state index contributed by atoms with van der Waals surface area (Å²) in [6.07, 6.45) is 7.39. The maximum Gasteiger partial charge on any atom is 0.344 e. The molecule has 41 heavy (non-hydrogen) atoms. The van der Waals surface area contributed by atoms with E-state index in [1.807, 2.05) is 0 Å². The number of esters is 4. The number of carbonyl (C=O) groups excluding carboxylic acids is 4. The van der Waals surface area contributed by atoms with Gasteiger partial charge in [0, 0.05) is 0 Å². The average Bonchev–Trinajstić information content (AvgIpc) is 3.79. The quantitative estimate of drug-likeness (QED) is 0.210. The third kappa shape index (κ3) is 8.88. The van der Waals surface area contributed by atoms with Gasteiger partial charge < -0.3 is 33.2 Å². The normalized spacial score (nSPS) is 36.7. The number of rotatable bonds is 10. The smallest absolute Gasteiger partial charge is 0.344 e. The van der Waals surface area contributed by atoms with Crippen LogP contribution in [0, 0.1) is 23.7 Å². The average molecular weight is 587 g/mol. The Hall–Kier alpha value is -2.24. The molecule has 0 radical (unpaired) electrons. The van der Waals surface area contributed by atoms with Crippen LogP contribution in [0.25, 0.3) is 0 Å². The minimum atomic E-state index is -0.809. The Balaban J connectivity index is 0.00000147. The van der Waals surface area contributed by atoms with E-state index in [0.717, 1.165) is 38.5 Å². The third-order valence-electron chi connectivity index (χ3n) is 8.60. The summed E-state index contributed by atoms with van der Waals surface area (Å²) in [4.78, 5) is 49.8. The molecule has 0 amide bonds. The lowest BCUT2D eigenvalue weighted by Gasteiger charge is -2.26. The second-order valence-electron chi connectivity index (χ2n) is 11.3. The van der Waals surface area contributed by atoms with E-state index in [1.165, 1.54) is 0 Å². The van der Waals surface area contributed by atoms with E-state index in [-0.39, 0.29) is 67.0 Å². The second kappa shape index (κ2) is 14.8. The summed E-state index contributed by atoms with van der Waals surface area (Å²) in [7, 11) is 0. The van der Waals surface area contributed by atoms with Crippen molar-refractivity contribution in [2.24, 2.45) is 23.7 Å². The van der Waals surface area contributed by atoms with E-state index < -0.39 is 48.9 Å². The van der Waals surface area contributed by atoms with Crippen LogP contribution in [0.5, 0.6) is 0 Å². The zero-order valence-electron chi connectivity index (χ0n) is 20.7. The molecule has 236 valence electrons. The van der Waals surface area contributed by atoms with Crippen molar-refractivity contribution in [2.75, 3.05) is 26.4 Å². The Morgan fingerprint density at radius 3 is 1.24 bits per heavy atom. The molecule has 0 N–H and O–H groups in total. The highest BCUT2D eigenvalue weighted by Gasteiger charge is 2.54. The van der Waals surface area contributed by atoms with Crippen LogP contribution in [0.1, 0.15) is 81.1 Å². The molecule has 3 aliphatic heterocycles. The lowest BCUT2D eigenvalue weighted by atomic mass is 9.79. The second-order valence-corrected chi connectivity index (χ2v) is 11.3.